The minimum Gasteiger partial charge on any atom is -0.492 e. The molecule has 0 saturated carbocycles. The highest BCUT2D eigenvalue weighted by molar-refractivity contribution is 9.10. The van der Waals surface area contributed by atoms with Gasteiger partial charge in [0, 0.05) is 5.56 Å². The van der Waals surface area contributed by atoms with E-state index in [2.05, 4.69) is 15.9 Å². The van der Waals surface area contributed by atoms with E-state index in [0.717, 1.165) is 0 Å². The van der Waals surface area contributed by atoms with Crippen LogP contribution in [0, 0.1) is 0 Å². The molecule has 0 bridgehead atoms. The van der Waals surface area contributed by atoms with Crippen LogP contribution in [0.25, 0.3) is 0 Å². The average Bonchev–Trinajstić information content (AvgIpc) is 2.18. The first-order chi connectivity index (χ1) is 7.42. The van der Waals surface area contributed by atoms with Gasteiger partial charge in [0.25, 0.3) is 0 Å². The molecule has 0 atom stereocenters. The number of carbonyl (C=O) groups excluding carboxylic acids is 1. The maximum Gasteiger partial charge on any atom is 0.392 e. The number of benzene rings is 1. The van der Waals surface area contributed by atoms with Gasteiger partial charge in [0.15, 0.2) is 0 Å². The van der Waals surface area contributed by atoms with Crippen LogP contribution in [0.5, 0.6) is 5.75 Å². The molecular weight excluding hydrogens is 289 g/mol. The molecule has 88 valence electrons. The van der Waals surface area contributed by atoms with Crippen LogP contribution in [0.2, 0.25) is 0 Å². The van der Waals surface area contributed by atoms with Crippen LogP contribution >= 0.6 is 15.9 Å². The Hall–Kier alpha value is -1.04. The van der Waals surface area contributed by atoms with E-state index in [1.54, 1.807) is 0 Å². The first-order valence-corrected chi connectivity index (χ1v) is 5.16. The molecule has 0 amide bonds. The number of carbonyl (C=O) groups is 1. The summed E-state index contributed by atoms with van der Waals surface area (Å²) in [4.78, 5) is 10.4. The maximum atomic E-state index is 11.8. The summed E-state index contributed by atoms with van der Waals surface area (Å²) in [5.74, 6) is 0.287. The van der Waals surface area contributed by atoms with Crippen molar-refractivity contribution < 1.29 is 22.7 Å². The van der Waals surface area contributed by atoms with Crippen molar-refractivity contribution in [3.05, 3.63) is 28.2 Å². The molecule has 1 aromatic rings. The summed E-state index contributed by atoms with van der Waals surface area (Å²) in [5, 5.41) is 0. The number of hydrogen-bond acceptors (Lipinski definition) is 2. The van der Waals surface area contributed by atoms with Gasteiger partial charge in [-0.15, -0.1) is 0 Å². The van der Waals surface area contributed by atoms with Crippen LogP contribution in [0.1, 0.15) is 16.8 Å². The zero-order valence-electron chi connectivity index (χ0n) is 8.05. The third-order valence-corrected chi connectivity index (χ3v) is 2.35. The fraction of sp³-hybridized carbons (Fsp3) is 0.300. The summed E-state index contributed by atoms with van der Waals surface area (Å²) >= 11 is 3.10. The van der Waals surface area contributed by atoms with Gasteiger partial charge in [0.05, 0.1) is 17.5 Å². The number of hydrogen-bond donors (Lipinski definition) is 0. The predicted molar refractivity (Wildman–Crippen MR) is 55.7 cm³/mol. The molecule has 1 aromatic carbocycles. The lowest BCUT2D eigenvalue weighted by atomic mass is 10.2. The Balaban J connectivity index is 2.58. The van der Waals surface area contributed by atoms with Crippen molar-refractivity contribution in [1.82, 2.24) is 0 Å². The van der Waals surface area contributed by atoms with Crippen molar-refractivity contribution in [3.63, 3.8) is 0 Å². The molecule has 0 aromatic heterocycles. The molecule has 0 saturated heterocycles. The molecule has 0 radical (unpaired) electrons. The van der Waals surface area contributed by atoms with Crippen molar-refractivity contribution in [2.45, 2.75) is 12.6 Å². The zero-order chi connectivity index (χ0) is 12.2. The Kier molecular flexibility index (Phi) is 4.35. The van der Waals surface area contributed by atoms with Gasteiger partial charge in [-0.05, 0) is 34.1 Å². The number of ether oxygens (including phenoxy) is 1. The fourth-order valence-electron chi connectivity index (χ4n) is 0.984. The summed E-state index contributed by atoms with van der Waals surface area (Å²) in [6, 6.07) is 4.40. The van der Waals surface area contributed by atoms with E-state index in [4.69, 9.17) is 4.74 Å². The zero-order valence-corrected chi connectivity index (χ0v) is 9.64. The minimum atomic E-state index is -4.23. The van der Waals surface area contributed by atoms with Crippen molar-refractivity contribution >= 4 is 22.2 Å². The van der Waals surface area contributed by atoms with Crippen LogP contribution in [0.15, 0.2) is 22.7 Å². The highest BCUT2D eigenvalue weighted by Gasteiger charge is 2.26. The Labute approximate surface area is 98.5 Å². The van der Waals surface area contributed by atoms with E-state index in [1.165, 1.54) is 18.2 Å². The fourth-order valence-corrected chi connectivity index (χ4v) is 1.50. The van der Waals surface area contributed by atoms with E-state index < -0.39 is 19.2 Å². The first-order valence-electron chi connectivity index (χ1n) is 4.36. The quantitative estimate of drug-likeness (QED) is 0.794. The predicted octanol–water partition coefficient (Wildman–Crippen LogP) is 3.59. The van der Waals surface area contributed by atoms with Crippen molar-refractivity contribution in [1.29, 1.82) is 0 Å². The standard InChI is InChI=1S/C10H8BrF3O2/c11-8-5-7(6-15)1-2-9(8)16-4-3-10(12,13)14/h1-2,5-6H,3-4H2. The Morgan fingerprint density at radius 1 is 1.38 bits per heavy atom. The Morgan fingerprint density at radius 2 is 2.06 bits per heavy atom. The van der Waals surface area contributed by atoms with Gasteiger partial charge >= 0.3 is 6.18 Å². The number of aldehydes is 1. The van der Waals surface area contributed by atoms with E-state index in [0.29, 0.717) is 16.3 Å². The normalized spacial score (nSPS) is 11.2. The highest BCUT2D eigenvalue weighted by Crippen LogP contribution is 2.27. The summed E-state index contributed by atoms with van der Waals surface area (Å²) in [6.07, 6.45) is -4.59. The van der Waals surface area contributed by atoms with Gasteiger partial charge in [-0.2, -0.15) is 13.2 Å². The molecule has 1 rings (SSSR count). The molecule has 0 fully saturated rings. The van der Waals surface area contributed by atoms with Crippen LogP contribution in [0.4, 0.5) is 13.2 Å². The van der Waals surface area contributed by atoms with E-state index in [-0.39, 0.29) is 5.75 Å². The average molecular weight is 297 g/mol. The van der Waals surface area contributed by atoms with Crippen LogP contribution < -0.4 is 4.74 Å². The second-order valence-electron chi connectivity index (χ2n) is 3.02. The monoisotopic (exact) mass is 296 g/mol. The smallest absolute Gasteiger partial charge is 0.392 e. The van der Waals surface area contributed by atoms with Crippen molar-refractivity contribution in [2.75, 3.05) is 6.61 Å². The van der Waals surface area contributed by atoms with Gasteiger partial charge in [0.1, 0.15) is 12.0 Å². The minimum absolute atomic E-state index is 0.287. The molecule has 2 nitrogen and oxygen atoms in total. The summed E-state index contributed by atoms with van der Waals surface area (Å²) < 4.78 is 40.9. The van der Waals surface area contributed by atoms with Crippen LogP contribution in [-0.4, -0.2) is 19.1 Å². The summed E-state index contributed by atoms with van der Waals surface area (Å²) in [5.41, 5.74) is 0.426. The van der Waals surface area contributed by atoms with Gasteiger partial charge in [0.2, 0.25) is 0 Å². The summed E-state index contributed by atoms with van der Waals surface area (Å²) in [7, 11) is 0. The lowest BCUT2D eigenvalue weighted by Crippen LogP contribution is -2.13. The van der Waals surface area contributed by atoms with Crippen molar-refractivity contribution in [2.24, 2.45) is 0 Å². The second-order valence-corrected chi connectivity index (χ2v) is 3.88. The highest BCUT2D eigenvalue weighted by atomic mass is 79.9. The Bertz CT molecular complexity index is 377. The van der Waals surface area contributed by atoms with E-state index in [1.807, 2.05) is 0 Å². The maximum absolute atomic E-state index is 11.8. The first kappa shape index (κ1) is 13.0. The molecule has 0 unspecified atom stereocenters. The van der Waals surface area contributed by atoms with Gasteiger partial charge in [-0.3, -0.25) is 4.79 Å². The number of halogens is 4. The molecule has 0 aliphatic rings. The van der Waals surface area contributed by atoms with Gasteiger partial charge in [-0.25, -0.2) is 0 Å². The lowest BCUT2D eigenvalue weighted by Gasteiger charge is -2.10. The van der Waals surface area contributed by atoms with Gasteiger partial charge in [-0.1, -0.05) is 0 Å². The summed E-state index contributed by atoms with van der Waals surface area (Å²) in [6.45, 7) is -0.442. The number of alkyl halides is 3. The van der Waals surface area contributed by atoms with Crippen molar-refractivity contribution in [3.8, 4) is 5.75 Å². The molecule has 0 heterocycles. The SMILES string of the molecule is O=Cc1ccc(OCCC(F)(F)F)c(Br)c1. The molecule has 16 heavy (non-hydrogen) atoms. The lowest BCUT2D eigenvalue weighted by molar-refractivity contribution is -0.139. The largest absolute Gasteiger partial charge is 0.492 e. The van der Waals surface area contributed by atoms with E-state index in [9.17, 15) is 18.0 Å². The molecule has 0 aliphatic heterocycles. The molecule has 0 spiro atoms. The third-order valence-electron chi connectivity index (χ3n) is 1.74. The van der Waals surface area contributed by atoms with Crippen LogP contribution in [0.3, 0.4) is 0 Å². The molecule has 0 N–H and O–H groups in total. The van der Waals surface area contributed by atoms with Crippen LogP contribution in [-0.2, 0) is 0 Å². The van der Waals surface area contributed by atoms with Gasteiger partial charge < -0.3 is 4.74 Å². The molecule has 6 heteroatoms. The van der Waals surface area contributed by atoms with E-state index >= 15 is 0 Å². The topological polar surface area (TPSA) is 26.3 Å². The molecule has 0 aliphatic carbocycles. The second kappa shape index (κ2) is 5.34. The number of rotatable bonds is 4. The Morgan fingerprint density at radius 3 is 2.56 bits per heavy atom. The molecular formula is C10H8BrF3O2. The third kappa shape index (κ3) is 4.22.